The van der Waals surface area contributed by atoms with E-state index in [1.807, 2.05) is 26.0 Å². The molecule has 0 spiro atoms. The molecule has 0 saturated heterocycles. The Bertz CT molecular complexity index is 362. The minimum Gasteiger partial charge on any atom is -0.178 e. The van der Waals surface area contributed by atoms with Gasteiger partial charge in [0.05, 0.1) is 0 Å². The predicted molar refractivity (Wildman–Crippen MR) is 66.3 cm³/mol. The first-order valence-electron chi connectivity index (χ1n) is 4.51. The smallest absolute Gasteiger partial charge is 0.0465 e. The van der Waals surface area contributed by atoms with Crippen LogP contribution in [0.1, 0.15) is 23.1 Å². The third kappa shape index (κ3) is 2.97. The molecule has 0 radical (unpaired) electrons. The summed E-state index contributed by atoms with van der Waals surface area (Å²) in [6, 6.07) is 4.03. The van der Waals surface area contributed by atoms with E-state index in [9.17, 15) is 0 Å². The molecule has 0 nitrogen and oxygen atoms in total. The average Bonchev–Trinajstić information content (AvgIpc) is 2.14. The third-order valence-electron chi connectivity index (χ3n) is 1.91. The van der Waals surface area contributed by atoms with Gasteiger partial charge >= 0.3 is 0 Å². The molecule has 1 aromatic carbocycles. The summed E-state index contributed by atoms with van der Waals surface area (Å²) in [5.41, 5.74) is 3.20. The summed E-state index contributed by atoms with van der Waals surface area (Å²) < 4.78 is 0. The lowest BCUT2D eigenvalue weighted by Gasteiger charge is -2.02. The van der Waals surface area contributed by atoms with Gasteiger partial charge in [-0.15, -0.1) is 0 Å². The number of rotatable bonds is 1. The number of halogens is 1. The first-order valence-corrected chi connectivity index (χ1v) is 5.52. The van der Waals surface area contributed by atoms with E-state index in [0.29, 0.717) is 0 Å². The molecular weight excluding hydrogens is 212 g/mol. The largest absolute Gasteiger partial charge is 0.178 e. The van der Waals surface area contributed by atoms with Gasteiger partial charge in [-0.3, -0.25) is 0 Å². The summed E-state index contributed by atoms with van der Waals surface area (Å²) in [5, 5.41) is 0.838. The number of benzene rings is 1. The van der Waals surface area contributed by atoms with Gasteiger partial charge in [-0.05, 0) is 37.1 Å². The van der Waals surface area contributed by atoms with Gasteiger partial charge in [0.15, 0.2) is 0 Å². The highest BCUT2D eigenvalue weighted by molar-refractivity contribution is 7.80. The minimum absolute atomic E-state index is 0.804. The lowest BCUT2D eigenvalue weighted by Crippen LogP contribution is -1.84. The summed E-state index contributed by atoms with van der Waals surface area (Å²) in [7, 11) is 0. The third-order valence-corrected chi connectivity index (χ3v) is 2.73. The molecule has 0 aliphatic carbocycles. The highest BCUT2D eigenvalue weighted by Crippen LogP contribution is 2.21. The summed E-state index contributed by atoms with van der Waals surface area (Å²) in [4.78, 5) is 0. The first kappa shape index (κ1) is 11.5. The molecule has 0 aliphatic rings. The summed E-state index contributed by atoms with van der Waals surface area (Å²) in [6.07, 6.45) is 0.823. The number of hydrogen-bond acceptors (Lipinski definition) is 1. The molecule has 2 heteroatoms. The molecule has 0 fully saturated rings. The Morgan fingerprint density at radius 2 is 1.86 bits per heavy atom. The molecule has 74 valence electrons. The molecule has 0 aromatic heterocycles. The van der Waals surface area contributed by atoms with E-state index in [0.717, 1.165) is 33.9 Å². The van der Waals surface area contributed by atoms with E-state index < -0.39 is 0 Å². The first-order chi connectivity index (χ1) is 6.65. The topological polar surface area (TPSA) is 0 Å². The molecular formula is C12H13ClS. The molecule has 0 aliphatic heterocycles. The van der Waals surface area contributed by atoms with Crippen LogP contribution in [0.3, 0.4) is 0 Å². The van der Waals surface area contributed by atoms with Crippen LogP contribution in [0, 0.1) is 25.7 Å². The normalized spacial score (nSPS) is 9.43. The fourth-order valence-corrected chi connectivity index (χ4v) is 1.46. The summed E-state index contributed by atoms with van der Waals surface area (Å²) in [5.74, 6) is 6.96. The molecule has 0 bridgehead atoms. The summed E-state index contributed by atoms with van der Waals surface area (Å²) in [6.45, 7) is 4.00. The van der Waals surface area contributed by atoms with Crippen LogP contribution in [0.2, 0.25) is 5.02 Å². The van der Waals surface area contributed by atoms with Crippen LogP contribution in [0.5, 0.6) is 0 Å². The lowest BCUT2D eigenvalue weighted by atomic mass is 10.1. The van der Waals surface area contributed by atoms with Crippen LogP contribution in [0.4, 0.5) is 0 Å². The standard InChI is InChI=1S/C12H13ClS/c1-9-7-11(5-3-4-6-14)8-10(2)12(9)13/h7-8,14H,4,6H2,1-2H3. The van der Waals surface area contributed by atoms with Crippen molar-refractivity contribution in [1.82, 2.24) is 0 Å². The maximum absolute atomic E-state index is 6.05. The van der Waals surface area contributed by atoms with Gasteiger partial charge in [-0.1, -0.05) is 23.4 Å². The fourth-order valence-electron chi connectivity index (χ4n) is 1.24. The average molecular weight is 225 g/mol. The van der Waals surface area contributed by atoms with Gasteiger partial charge in [0.2, 0.25) is 0 Å². The minimum atomic E-state index is 0.804. The van der Waals surface area contributed by atoms with E-state index in [1.54, 1.807) is 0 Å². The van der Waals surface area contributed by atoms with Gasteiger partial charge in [-0.25, -0.2) is 0 Å². The second-order valence-corrected chi connectivity index (χ2v) is 4.02. The summed E-state index contributed by atoms with van der Waals surface area (Å²) >= 11 is 10.2. The van der Waals surface area contributed by atoms with Crippen LogP contribution in [-0.4, -0.2) is 5.75 Å². The molecule has 14 heavy (non-hydrogen) atoms. The molecule has 0 heterocycles. The highest BCUT2D eigenvalue weighted by atomic mass is 35.5. The molecule has 0 atom stereocenters. The van der Waals surface area contributed by atoms with Crippen molar-refractivity contribution in [2.75, 3.05) is 5.75 Å². The maximum atomic E-state index is 6.05. The zero-order valence-electron chi connectivity index (χ0n) is 8.39. The van der Waals surface area contributed by atoms with E-state index in [-0.39, 0.29) is 0 Å². The van der Waals surface area contributed by atoms with Crippen LogP contribution < -0.4 is 0 Å². The quantitative estimate of drug-likeness (QED) is 0.547. The molecule has 0 N–H and O–H groups in total. The van der Waals surface area contributed by atoms with Crippen molar-refractivity contribution in [2.45, 2.75) is 20.3 Å². The Hall–Kier alpha value is -0.580. The van der Waals surface area contributed by atoms with Gasteiger partial charge in [0.25, 0.3) is 0 Å². The van der Waals surface area contributed by atoms with Gasteiger partial charge in [0.1, 0.15) is 0 Å². The Kier molecular flexibility index (Phi) is 4.38. The number of thiol groups is 1. The zero-order valence-corrected chi connectivity index (χ0v) is 10.0. The number of hydrogen-bond donors (Lipinski definition) is 1. The number of aryl methyl sites for hydroxylation is 2. The lowest BCUT2D eigenvalue weighted by molar-refractivity contribution is 1.31. The zero-order chi connectivity index (χ0) is 10.6. The van der Waals surface area contributed by atoms with Crippen molar-refractivity contribution in [1.29, 1.82) is 0 Å². The van der Waals surface area contributed by atoms with Crippen molar-refractivity contribution in [2.24, 2.45) is 0 Å². The Morgan fingerprint density at radius 1 is 1.29 bits per heavy atom. The second-order valence-electron chi connectivity index (χ2n) is 3.20. The van der Waals surface area contributed by atoms with Crippen molar-refractivity contribution in [3.05, 3.63) is 33.8 Å². The van der Waals surface area contributed by atoms with Gasteiger partial charge in [-0.2, -0.15) is 12.6 Å². The van der Waals surface area contributed by atoms with Gasteiger partial charge < -0.3 is 0 Å². The van der Waals surface area contributed by atoms with Crippen LogP contribution in [0.15, 0.2) is 12.1 Å². The Balaban J connectivity index is 2.97. The molecule has 0 saturated carbocycles. The van der Waals surface area contributed by atoms with E-state index >= 15 is 0 Å². The highest BCUT2D eigenvalue weighted by Gasteiger charge is 2.00. The van der Waals surface area contributed by atoms with E-state index in [1.165, 1.54) is 0 Å². The maximum Gasteiger partial charge on any atom is 0.0465 e. The Labute approximate surface area is 96.1 Å². The molecule has 0 unspecified atom stereocenters. The van der Waals surface area contributed by atoms with Crippen molar-refractivity contribution < 1.29 is 0 Å². The van der Waals surface area contributed by atoms with Crippen molar-refractivity contribution in [3.8, 4) is 11.8 Å². The Morgan fingerprint density at radius 3 is 2.36 bits per heavy atom. The van der Waals surface area contributed by atoms with Gasteiger partial charge in [0, 0.05) is 22.8 Å². The SMILES string of the molecule is Cc1cc(C#CCCS)cc(C)c1Cl. The molecule has 0 amide bonds. The van der Waals surface area contributed by atoms with Crippen LogP contribution in [-0.2, 0) is 0 Å². The van der Waals surface area contributed by atoms with Crippen LogP contribution >= 0.6 is 24.2 Å². The van der Waals surface area contributed by atoms with Crippen molar-refractivity contribution in [3.63, 3.8) is 0 Å². The fraction of sp³-hybridized carbons (Fsp3) is 0.333. The monoisotopic (exact) mass is 224 g/mol. The van der Waals surface area contributed by atoms with E-state index in [2.05, 4.69) is 24.5 Å². The second kappa shape index (κ2) is 5.34. The van der Waals surface area contributed by atoms with Crippen molar-refractivity contribution >= 4 is 24.2 Å². The molecule has 1 rings (SSSR count). The molecule has 1 aromatic rings. The predicted octanol–water partition coefficient (Wildman–Crippen LogP) is 3.63. The van der Waals surface area contributed by atoms with Crippen LogP contribution in [0.25, 0.3) is 0 Å². The van der Waals surface area contributed by atoms with E-state index in [4.69, 9.17) is 11.6 Å².